The second-order valence-electron chi connectivity index (χ2n) is 12.7. The number of amides is 1. The minimum Gasteiger partial charge on any atom is -0.490 e. The van der Waals surface area contributed by atoms with E-state index < -0.39 is 27.3 Å². The van der Waals surface area contributed by atoms with Gasteiger partial charge in [-0.15, -0.1) is 13.2 Å². The van der Waals surface area contributed by atoms with Crippen molar-refractivity contribution in [3.05, 3.63) is 83.4 Å². The van der Waals surface area contributed by atoms with E-state index in [4.69, 9.17) is 16.3 Å². The molecule has 0 radical (unpaired) electrons. The van der Waals surface area contributed by atoms with Gasteiger partial charge >= 0.3 is 0 Å². The van der Waals surface area contributed by atoms with Crippen molar-refractivity contribution >= 4 is 33.2 Å². The molecule has 232 valence electrons. The van der Waals surface area contributed by atoms with E-state index in [0.717, 1.165) is 42.8 Å². The van der Waals surface area contributed by atoms with E-state index in [9.17, 15) is 18.3 Å². The van der Waals surface area contributed by atoms with E-state index in [1.54, 1.807) is 37.3 Å². The Kier molecular flexibility index (Phi) is 9.31. The summed E-state index contributed by atoms with van der Waals surface area (Å²) < 4.78 is 34.9. The number of allylic oxidation sites excluding steroid dienone is 1. The molecular weight excluding hydrogens is 584 g/mol. The Hall–Kier alpha value is -2.81. The highest BCUT2D eigenvalue weighted by Crippen LogP contribution is 2.46. The number of aryl methyl sites for hydroxylation is 1. The topological polar surface area (TPSA) is 95.9 Å². The van der Waals surface area contributed by atoms with Gasteiger partial charge in [-0.1, -0.05) is 36.7 Å². The molecule has 2 N–H and O–H groups in total. The fourth-order valence-electron chi connectivity index (χ4n) is 7.03. The molecule has 7 nitrogen and oxygen atoms in total. The van der Waals surface area contributed by atoms with Crippen LogP contribution in [0.2, 0.25) is 5.02 Å². The number of sulfonamides is 1. The van der Waals surface area contributed by atoms with Crippen LogP contribution in [0.25, 0.3) is 0 Å². The van der Waals surface area contributed by atoms with E-state index in [-0.39, 0.29) is 28.7 Å². The van der Waals surface area contributed by atoms with Gasteiger partial charge in [0, 0.05) is 29.1 Å². The third-order valence-corrected chi connectivity index (χ3v) is 12.1. The Morgan fingerprint density at radius 3 is 2.72 bits per heavy atom. The van der Waals surface area contributed by atoms with Crippen molar-refractivity contribution in [2.45, 2.75) is 69.1 Å². The molecule has 1 amide bonds. The van der Waals surface area contributed by atoms with Crippen LogP contribution in [0.1, 0.15) is 67.4 Å². The van der Waals surface area contributed by atoms with Crippen LogP contribution in [0, 0.1) is 17.8 Å². The number of rotatable bonds is 10. The fraction of sp³-hybridized carbons (Fsp3) is 0.500. The first-order valence-electron chi connectivity index (χ1n) is 15.3. The zero-order valence-electron chi connectivity index (χ0n) is 25.1. The molecule has 1 aliphatic heterocycles. The molecule has 1 fully saturated rings. The molecule has 43 heavy (non-hydrogen) atoms. The first-order chi connectivity index (χ1) is 20.5. The molecule has 0 bridgehead atoms. The van der Waals surface area contributed by atoms with Crippen molar-refractivity contribution in [2.24, 2.45) is 17.8 Å². The largest absolute Gasteiger partial charge is 0.490 e. The Morgan fingerprint density at radius 1 is 1.23 bits per heavy atom. The van der Waals surface area contributed by atoms with Crippen LogP contribution in [0.15, 0.2) is 61.7 Å². The van der Waals surface area contributed by atoms with Crippen molar-refractivity contribution in [2.75, 3.05) is 24.6 Å². The average molecular weight is 627 g/mol. The number of nitrogens with zero attached hydrogens (tertiary/aromatic N) is 1. The van der Waals surface area contributed by atoms with E-state index in [2.05, 4.69) is 34.9 Å². The number of carbonyl (C=O) groups is 1. The predicted octanol–water partition coefficient (Wildman–Crippen LogP) is 6.05. The summed E-state index contributed by atoms with van der Waals surface area (Å²) in [5.74, 6) is 0.166. The monoisotopic (exact) mass is 626 g/mol. The molecule has 3 unspecified atom stereocenters. The Bertz CT molecular complexity index is 1490. The number of nitrogens with one attached hydrogen (secondary N) is 1. The van der Waals surface area contributed by atoms with Gasteiger partial charge in [-0.2, -0.15) is 0 Å². The minimum atomic E-state index is -3.90. The average Bonchev–Trinajstić information content (AvgIpc) is 3.11. The lowest BCUT2D eigenvalue weighted by Gasteiger charge is -2.45. The molecule has 0 aromatic heterocycles. The number of fused-ring (bicyclic) bond motifs is 3. The van der Waals surface area contributed by atoms with Gasteiger partial charge in [0.05, 0.1) is 23.6 Å². The molecule has 3 aliphatic rings. The normalized spacial score (nSPS) is 25.2. The third kappa shape index (κ3) is 6.38. The third-order valence-electron chi connectivity index (χ3n) is 9.97. The maximum Gasteiger partial charge on any atom is 0.264 e. The molecule has 1 saturated carbocycles. The summed E-state index contributed by atoms with van der Waals surface area (Å²) in [4.78, 5) is 15.6. The Labute approximate surface area is 261 Å². The highest BCUT2D eigenvalue weighted by molar-refractivity contribution is 7.90. The number of anilines is 1. The molecule has 0 saturated heterocycles. The van der Waals surface area contributed by atoms with Gasteiger partial charge in [0.15, 0.2) is 0 Å². The minimum absolute atomic E-state index is 0.120. The molecule has 6 atom stereocenters. The molecule has 2 aliphatic carbocycles. The first-order valence-corrected chi connectivity index (χ1v) is 17.2. The van der Waals surface area contributed by atoms with Crippen LogP contribution in [-0.2, 0) is 21.9 Å². The first kappa shape index (κ1) is 31.6. The summed E-state index contributed by atoms with van der Waals surface area (Å²) in [6.45, 7) is 12.8. The highest BCUT2D eigenvalue weighted by Gasteiger charge is 2.44. The summed E-state index contributed by atoms with van der Waals surface area (Å²) in [5, 5.41) is 10.5. The summed E-state index contributed by atoms with van der Waals surface area (Å²) in [6.07, 6.45) is 8.10. The van der Waals surface area contributed by atoms with Gasteiger partial charge in [0.25, 0.3) is 5.91 Å². The number of aliphatic hydroxyl groups excluding tert-OH is 1. The number of carbonyl (C=O) groups excluding carboxylic acids is 1. The molecule has 5 rings (SSSR count). The summed E-state index contributed by atoms with van der Waals surface area (Å²) >= 11 is 6.38. The molecule has 1 heterocycles. The van der Waals surface area contributed by atoms with Gasteiger partial charge in [-0.05, 0) is 105 Å². The van der Waals surface area contributed by atoms with E-state index in [1.807, 2.05) is 13.0 Å². The summed E-state index contributed by atoms with van der Waals surface area (Å²) in [7, 11) is -3.90. The van der Waals surface area contributed by atoms with Gasteiger partial charge in [-0.3, -0.25) is 4.79 Å². The smallest absolute Gasteiger partial charge is 0.264 e. The van der Waals surface area contributed by atoms with Crippen LogP contribution in [0.4, 0.5) is 5.69 Å². The Balaban J connectivity index is 1.49. The quantitative estimate of drug-likeness (QED) is 0.312. The van der Waals surface area contributed by atoms with E-state index >= 15 is 0 Å². The van der Waals surface area contributed by atoms with Gasteiger partial charge < -0.3 is 14.7 Å². The maximum atomic E-state index is 13.4. The Morgan fingerprint density at radius 2 is 2.02 bits per heavy atom. The van der Waals surface area contributed by atoms with Crippen LogP contribution >= 0.6 is 11.6 Å². The van der Waals surface area contributed by atoms with Gasteiger partial charge in [0.2, 0.25) is 10.0 Å². The number of hydrogen-bond donors (Lipinski definition) is 2. The lowest BCUT2D eigenvalue weighted by atomic mass is 9.68. The lowest BCUT2D eigenvalue weighted by Crippen LogP contribution is -2.49. The van der Waals surface area contributed by atoms with Crippen LogP contribution < -0.4 is 14.4 Å². The van der Waals surface area contributed by atoms with Crippen LogP contribution in [0.5, 0.6) is 5.75 Å². The lowest BCUT2D eigenvalue weighted by molar-refractivity contribution is 0.0460. The SMILES string of the molecule is C=CCC(C)C(C)S(=O)(=O)NC(=O)c1ccc2c(c1)N(C[C@@H]1CC[C@H]1C(O)C=C)C[C@@]1(CCCc3cc(Cl)ccc31)CO2. The summed E-state index contributed by atoms with van der Waals surface area (Å²) in [5.41, 5.74) is 3.21. The zero-order valence-corrected chi connectivity index (χ0v) is 26.7. The van der Waals surface area contributed by atoms with Crippen LogP contribution in [-0.4, -0.2) is 50.5 Å². The second-order valence-corrected chi connectivity index (χ2v) is 15.2. The van der Waals surface area contributed by atoms with Crippen molar-refractivity contribution < 1.29 is 23.1 Å². The standard InChI is InChI=1S/C34H43ClN2O5S/c1-5-8-22(3)23(4)43(40,41)36-33(39)25-11-15-32-30(18-25)37(19-26-10-13-28(26)31(38)6-2)20-34(21-42-32)16-7-9-24-17-27(35)12-14-29(24)34/h5-6,11-12,14-15,17-18,22-23,26,28,31,38H,1-2,7-10,13,16,19-21H2,3-4H3,(H,36,39)/t22?,23?,26-,28+,31?,34-/m0/s1. The number of benzene rings is 2. The van der Waals surface area contributed by atoms with E-state index in [1.165, 1.54) is 11.1 Å². The number of halogens is 1. The molecule has 2 aromatic rings. The van der Waals surface area contributed by atoms with Crippen molar-refractivity contribution in [1.82, 2.24) is 4.72 Å². The predicted molar refractivity (Wildman–Crippen MR) is 172 cm³/mol. The van der Waals surface area contributed by atoms with Gasteiger partial charge in [-0.25, -0.2) is 13.1 Å². The van der Waals surface area contributed by atoms with Crippen LogP contribution in [0.3, 0.4) is 0 Å². The van der Waals surface area contributed by atoms with Gasteiger partial charge in [0.1, 0.15) is 5.75 Å². The second kappa shape index (κ2) is 12.7. The molecule has 9 heteroatoms. The van der Waals surface area contributed by atoms with E-state index in [0.29, 0.717) is 31.9 Å². The highest BCUT2D eigenvalue weighted by atomic mass is 35.5. The summed E-state index contributed by atoms with van der Waals surface area (Å²) in [6, 6.07) is 11.3. The molecular formula is C34H43ClN2O5S. The number of ether oxygens (including phenoxy) is 1. The van der Waals surface area contributed by atoms with Crippen molar-refractivity contribution in [3.8, 4) is 5.75 Å². The molecule has 2 aromatic carbocycles. The maximum absolute atomic E-state index is 13.4. The van der Waals surface area contributed by atoms with Crippen molar-refractivity contribution in [3.63, 3.8) is 0 Å². The molecule has 1 spiro atoms. The number of aliphatic hydroxyl groups is 1. The zero-order chi connectivity index (χ0) is 30.9. The fourth-order valence-corrected chi connectivity index (χ4v) is 8.51. The number of hydrogen-bond acceptors (Lipinski definition) is 6. The van der Waals surface area contributed by atoms with Crippen molar-refractivity contribution in [1.29, 1.82) is 0 Å².